The minimum absolute atomic E-state index is 0.201. The Balaban J connectivity index is 1.84. The van der Waals surface area contributed by atoms with E-state index in [4.69, 9.17) is 4.74 Å². The molecule has 104 valence electrons. The van der Waals surface area contributed by atoms with Gasteiger partial charge in [-0.1, -0.05) is 37.5 Å². The lowest BCUT2D eigenvalue weighted by molar-refractivity contribution is 0.105. The van der Waals surface area contributed by atoms with Crippen LogP contribution in [0.1, 0.15) is 56.4 Å². The van der Waals surface area contributed by atoms with Gasteiger partial charge in [0.2, 0.25) is 0 Å². The van der Waals surface area contributed by atoms with Gasteiger partial charge in [-0.25, -0.2) is 0 Å². The molecular formula is C17H24O2. The summed E-state index contributed by atoms with van der Waals surface area (Å²) in [6.45, 7) is 0.226. The third-order valence-electron chi connectivity index (χ3n) is 4.80. The summed E-state index contributed by atoms with van der Waals surface area (Å²) in [5, 5.41) is 9.18. The number of para-hydroxylation sites is 1. The van der Waals surface area contributed by atoms with Crippen LogP contribution in [0, 0.1) is 5.92 Å². The molecule has 1 aromatic carbocycles. The van der Waals surface area contributed by atoms with Crippen LogP contribution < -0.4 is 4.74 Å². The van der Waals surface area contributed by atoms with Gasteiger partial charge in [-0.2, -0.15) is 0 Å². The number of hydrogen-bond donors (Lipinski definition) is 1. The van der Waals surface area contributed by atoms with Gasteiger partial charge in [-0.15, -0.1) is 0 Å². The van der Waals surface area contributed by atoms with Crippen molar-refractivity contribution in [2.75, 3.05) is 6.61 Å². The predicted octanol–water partition coefficient (Wildman–Crippen LogP) is 3.88. The van der Waals surface area contributed by atoms with Crippen LogP contribution in [0.4, 0.5) is 0 Å². The van der Waals surface area contributed by atoms with E-state index in [9.17, 15) is 5.11 Å². The van der Waals surface area contributed by atoms with Crippen molar-refractivity contribution in [3.05, 3.63) is 29.8 Å². The molecule has 1 aromatic rings. The molecule has 0 aromatic heterocycles. The Hall–Kier alpha value is -1.02. The van der Waals surface area contributed by atoms with Crippen molar-refractivity contribution in [2.45, 2.75) is 57.0 Å². The highest BCUT2D eigenvalue weighted by Crippen LogP contribution is 2.45. The number of rotatable bonds is 3. The molecule has 1 aliphatic carbocycles. The number of fused-ring (bicyclic) bond motifs is 1. The van der Waals surface area contributed by atoms with Crippen molar-refractivity contribution in [3.63, 3.8) is 0 Å². The summed E-state index contributed by atoms with van der Waals surface area (Å²) in [6, 6.07) is 8.51. The maximum absolute atomic E-state index is 9.18. The van der Waals surface area contributed by atoms with E-state index in [2.05, 4.69) is 24.3 Å². The van der Waals surface area contributed by atoms with Crippen molar-refractivity contribution < 1.29 is 9.84 Å². The van der Waals surface area contributed by atoms with Crippen molar-refractivity contribution in [1.29, 1.82) is 0 Å². The number of aliphatic hydroxyl groups is 1. The molecule has 0 radical (unpaired) electrons. The van der Waals surface area contributed by atoms with E-state index < -0.39 is 0 Å². The zero-order valence-corrected chi connectivity index (χ0v) is 11.6. The molecule has 2 atom stereocenters. The number of hydrogen-bond acceptors (Lipinski definition) is 2. The third kappa shape index (κ3) is 2.79. The summed E-state index contributed by atoms with van der Waals surface area (Å²) in [5.41, 5.74) is 1.41. The van der Waals surface area contributed by atoms with Crippen molar-refractivity contribution >= 4 is 0 Å². The van der Waals surface area contributed by atoms with Gasteiger partial charge in [0.1, 0.15) is 11.9 Å². The fraction of sp³-hybridized carbons (Fsp3) is 0.647. The zero-order chi connectivity index (χ0) is 13.1. The lowest BCUT2D eigenvalue weighted by Crippen LogP contribution is -2.30. The molecule has 1 aliphatic heterocycles. The largest absolute Gasteiger partial charge is 0.490 e. The number of aliphatic hydroxyl groups excluding tert-OH is 1. The summed E-state index contributed by atoms with van der Waals surface area (Å²) in [5.74, 6) is 2.52. The molecule has 0 amide bonds. The zero-order valence-electron chi connectivity index (χ0n) is 11.6. The van der Waals surface area contributed by atoms with Crippen LogP contribution in [-0.2, 0) is 0 Å². The second-order valence-electron chi connectivity index (χ2n) is 6.03. The monoisotopic (exact) mass is 260 g/mol. The predicted molar refractivity (Wildman–Crippen MR) is 76.5 cm³/mol. The Labute approximate surface area is 115 Å². The summed E-state index contributed by atoms with van der Waals surface area (Å²) >= 11 is 0. The molecule has 0 spiro atoms. The van der Waals surface area contributed by atoms with E-state index in [-0.39, 0.29) is 12.7 Å². The van der Waals surface area contributed by atoms with Gasteiger partial charge in [0.05, 0.1) is 0 Å². The minimum atomic E-state index is 0.201. The van der Waals surface area contributed by atoms with Gasteiger partial charge in [0.25, 0.3) is 0 Å². The molecule has 19 heavy (non-hydrogen) atoms. The molecule has 0 bridgehead atoms. The molecule has 3 rings (SSSR count). The van der Waals surface area contributed by atoms with Crippen LogP contribution in [0.3, 0.4) is 0 Å². The van der Waals surface area contributed by atoms with E-state index >= 15 is 0 Å². The van der Waals surface area contributed by atoms with Gasteiger partial charge in [-0.05, 0) is 42.7 Å². The molecular weight excluding hydrogens is 236 g/mol. The van der Waals surface area contributed by atoms with Gasteiger partial charge < -0.3 is 9.84 Å². The number of ether oxygens (including phenoxy) is 1. The molecule has 1 fully saturated rings. The highest BCUT2D eigenvalue weighted by molar-refractivity contribution is 5.38. The van der Waals surface area contributed by atoms with E-state index in [0.717, 1.165) is 24.5 Å². The highest BCUT2D eigenvalue weighted by atomic mass is 16.5. The van der Waals surface area contributed by atoms with Gasteiger partial charge in [0, 0.05) is 13.0 Å². The summed E-state index contributed by atoms with van der Waals surface area (Å²) in [6.07, 6.45) is 8.95. The molecule has 2 nitrogen and oxygen atoms in total. The van der Waals surface area contributed by atoms with Crippen LogP contribution in [0.15, 0.2) is 24.3 Å². The maximum atomic E-state index is 9.18. The fourth-order valence-corrected chi connectivity index (χ4v) is 3.84. The van der Waals surface area contributed by atoms with Gasteiger partial charge >= 0.3 is 0 Å². The maximum Gasteiger partial charge on any atom is 0.123 e. The van der Waals surface area contributed by atoms with Crippen LogP contribution in [0.25, 0.3) is 0 Å². The Kier molecular flexibility index (Phi) is 4.07. The average molecular weight is 260 g/mol. The van der Waals surface area contributed by atoms with Crippen molar-refractivity contribution in [1.82, 2.24) is 0 Å². The Morgan fingerprint density at radius 2 is 1.89 bits per heavy atom. The topological polar surface area (TPSA) is 29.5 Å². The Morgan fingerprint density at radius 3 is 2.68 bits per heavy atom. The molecule has 1 heterocycles. The van der Waals surface area contributed by atoms with Crippen LogP contribution >= 0.6 is 0 Å². The van der Waals surface area contributed by atoms with E-state index in [1.54, 1.807) is 0 Å². The lowest BCUT2D eigenvalue weighted by Gasteiger charge is -2.38. The standard InChI is InChI=1S/C17H24O2/c18-11-10-14-12-16(13-6-2-1-3-7-13)15-8-4-5-9-17(15)19-14/h4-5,8-9,13-14,16,18H,1-3,6-7,10-12H2/t14-,16-/m0/s1. The fourth-order valence-electron chi connectivity index (χ4n) is 3.84. The first-order valence-corrected chi connectivity index (χ1v) is 7.75. The third-order valence-corrected chi connectivity index (χ3v) is 4.80. The first-order valence-electron chi connectivity index (χ1n) is 7.75. The molecule has 1 N–H and O–H groups in total. The van der Waals surface area contributed by atoms with Crippen LogP contribution in [0.2, 0.25) is 0 Å². The second kappa shape index (κ2) is 5.96. The lowest BCUT2D eigenvalue weighted by atomic mass is 9.73. The SMILES string of the molecule is OCC[C@H]1C[C@@H](C2CCCCC2)c2ccccc2O1. The van der Waals surface area contributed by atoms with E-state index in [1.807, 2.05) is 0 Å². The van der Waals surface area contributed by atoms with Gasteiger partial charge in [0.15, 0.2) is 0 Å². The van der Waals surface area contributed by atoms with Crippen LogP contribution in [0.5, 0.6) is 5.75 Å². The Morgan fingerprint density at radius 1 is 1.11 bits per heavy atom. The molecule has 2 aliphatic rings. The quantitative estimate of drug-likeness (QED) is 0.893. The van der Waals surface area contributed by atoms with E-state index in [1.165, 1.54) is 37.7 Å². The number of benzene rings is 1. The smallest absolute Gasteiger partial charge is 0.123 e. The molecule has 0 unspecified atom stereocenters. The second-order valence-corrected chi connectivity index (χ2v) is 6.03. The first-order chi connectivity index (χ1) is 9.38. The summed E-state index contributed by atoms with van der Waals surface area (Å²) < 4.78 is 6.03. The first kappa shape index (κ1) is 13.0. The van der Waals surface area contributed by atoms with Crippen molar-refractivity contribution in [2.24, 2.45) is 5.92 Å². The normalized spacial score (nSPS) is 27.6. The highest BCUT2D eigenvalue weighted by Gasteiger charge is 2.33. The molecule has 2 heteroatoms. The van der Waals surface area contributed by atoms with E-state index in [0.29, 0.717) is 5.92 Å². The summed E-state index contributed by atoms with van der Waals surface area (Å²) in [4.78, 5) is 0. The average Bonchev–Trinajstić information content (AvgIpc) is 2.48. The van der Waals surface area contributed by atoms with Gasteiger partial charge in [-0.3, -0.25) is 0 Å². The molecule has 0 saturated heterocycles. The minimum Gasteiger partial charge on any atom is -0.490 e. The van der Waals surface area contributed by atoms with Crippen molar-refractivity contribution in [3.8, 4) is 5.75 Å². The molecule has 1 saturated carbocycles. The van der Waals surface area contributed by atoms with Crippen LogP contribution in [-0.4, -0.2) is 17.8 Å². The summed E-state index contributed by atoms with van der Waals surface area (Å²) in [7, 11) is 0. The Bertz CT molecular complexity index is 409.